The van der Waals surface area contributed by atoms with Gasteiger partial charge in [-0.25, -0.2) is 8.42 Å². The number of carbonyl (C=O) groups is 1. The molecule has 168 valence electrons. The predicted molar refractivity (Wildman–Crippen MR) is 119 cm³/mol. The molecule has 2 aromatic rings. The number of benzene rings is 2. The number of ether oxygens (including phenoxy) is 2. The van der Waals surface area contributed by atoms with E-state index in [1.54, 1.807) is 40.2 Å². The van der Waals surface area contributed by atoms with Gasteiger partial charge in [-0.15, -0.1) is 0 Å². The minimum absolute atomic E-state index is 0.126. The third kappa shape index (κ3) is 4.55. The summed E-state index contributed by atoms with van der Waals surface area (Å²) in [6, 6.07) is 11.7. The lowest BCUT2D eigenvalue weighted by molar-refractivity contribution is 0.0734. The lowest BCUT2D eigenvalue weighted by Gasteiger charge is -2.27. The Bertz CT molecular complexity index is 1020. The van der Waals surface area contributed by atoms with E-state index in [1.165, 1.54) is 16.4 Å². The first-order valence-electron chi connectivity index (χ1n) is 10.5. The lowest BCUT2D eigenvalue weighted by atomic mass is 10.0. The number of rotatable bonds is 8. The van der Waals surface area contributed by atoms with Crippen LogP contribution in [0.5, 0.6) is 11.5 Å². The molecule has 1 atom stereocenters. The lowest BCUT2D eigenvalue weighted by Crippen LogP contribution is -2.31. The van der Waals surface area contributed by atoms with Gasteiger partial charge >= 0.3 is 0 Å². The van der Waals surface area contributed by atoms with Crippen molar-refractivity contribution in [2.24, 2.45) is 0 Å². The van der Waals surface area contributed by atoms with Gasteiger partial charge in [0, 0.05) is 30.8 Å². The summed E-state index contributed by atoms with van der Waals surface area (Å²) in [5, 5.41) is 0. The number of likely N-dealkylation sites (tertiary alicyclic amines) is 1. The number of carbonyl (C=O) groups excluding carboxylic acids is 1. The molecule has 0 spiro atoms. The molecule has 1 saturated heterocycles. The molecule has 7 nitrogen and oxygen atoms in total. The monoisotopic (exact) mass is 446 g/mol. The van der Waals surface area contributed by atoms with Gasteiger partial charge in [0.05, 0.1) is 25.2 Å². The summed E-state index contributed by atoms with van der Waals surface area (Å²) in [6.45, 7) is 5.04. The maximum absolute atomic E-state index is 13.3. The maximum atomic E-state index is 13.3. The first-order valence-corrected chi connectivity index (χ1v) is 11.9. The van der Waals surface area contributed by atoms with Gasteiger partial charge in [0.1, 0.15) is 11.5 Å². The smallest absolute Gasteiger partial charge is 0.254 e. The Labute approximate surface area is 184 Å². The Hall–Kier alpha value is -2.58. The minimum Gasteiger partial charge on any atom is -0.497 e. The van der Waals surface area contributed by atoms with Crippen molar-refractivity contribution in [1.29, 1.82) is 0 Å². The van der Waals surface area contributed by atoms with Crippen molar-refractivity contribution in [2.75, 3.05) is 33.9 Å². The molecule has 2 aromatic carbocycles. The Morgan fingerprint density at radius 1 is 1.06 bits per heavy atom. The Balaban J connectivity index is 1.88. The van der Waals surface area contributed by atoms with E-state index in [0.717, 1.165) is 18.4 Å². The summed E-state index contributed by atoms with van der Waals surface area (Å²) in [5.41, 5.74) is 1.38. The van der Waals surface area contributed by atoms with Gasteiger partial charge in [0.2, 0.25) is 10.0 Å². The number of amides is 1. The molecule has 0 bridgehead atoms. The van der Waals surface area contributed by atoms with E-state index in [1.807, 2.05) is 23.1 Å². The zero-order valence-corrected chi connectivity index (χ0v) is 19.3. The maximum Gasteiger partial charge on any atom is 0.254 e. The standard InChI is InChI=1S/C23H30N2O5S/c1-5-24(6-2)31(27,28)19-12-9-17(10-13-19)23(26)25-15-7-8-21(25)20-16-18(29-3)11-14-22(20)30-4/h9-14,16,21H,5-8,15H2,1-4H3. The van der Waals surface area contributed by atoms with Crippen molar-refractivity contribution < 1.29 is 22.7 Å². The van der Waals surface area contributed by atoms with Crippen LogP contribution in [0.4, 0.5) is 0 Å². The van der Waals surface area contributed by atoms with E-state index < -0.39 is 10.0 Å². The molecule has 8 heteroatoms. The minimum atomic E-state index is -3.56. The van der Waals surface area contributed by atoms with Gasteiger partial charge in [0.15, 0.2) is 0 Å². The van der Waals surface area contributed by atoms with Crippen molar-refractivity contribution in [3.8, 4) is 11.5 Å². The van der Waals surface area contributed by atoms with Crippen molar-refractivity contribution in [3.63, 3.8) is 0 Å². The molecule has 1 aliphatic rings. The van der Waals surface area contributed by atoms with Gasteiger partial charge in [0.25, 0.3) is 5.91 Å². The Morgan fingerprint density at radius 2 is 1.74 bits per heavy atom. The van der Waals surface area contributed by atoms with E-state index in [2.05, 4.69) is 0 Å². The molecule has 0 saturated carbocycles. The summed E-state index contributed by atoms with van der Waals surface area (Å²) in [7, 11) is -0.334. The van der Waals surface area contributed by atoms with Crippen LogP contribution < -0.4 is 9.47 Å². The van der Waals surface area contributed by atoms with Crippen molar-refractivity contribution >= 4 is 15.9 Å². The molecule has 1 aliphatic heterocycles. The highest BCUT2D eigenvalue weighted by molar-refractivity contribution is 7.89. The number of hydrogen-bond acceptors (Lipinski definition) is 5. The Kier molecular flexibility index (Phi) is 7.23. The van der Waals surface area contributed by atoms with E-state index in [9.17, 15) is 13.2 Å². The first-order chi connectivity index (χ1) is 14.9. The third-order valence-corrected chi connectivity index (χ3v) is 7.82. The highest BCUT2D eigenvalue weighted by atomic mass is 32.2. The van der Waals surface area contributed by atoms with Crippen LogP contribution in [-0.2, 0) is 10.0 Å². The number of hydrogen-bond donors (Lipinski definition) is 0. The molecule has 3 rings (SSSR count). The van der Waals surface area contributed by atoms with E-state index in [0.29, 0.717) is 36.7 Å². The molecule has 1 unspecified atom stereocenters. The van der Waals surface area contributed by atoms with Crippen LogP contribution in [0.15, 0.2) is 47.4 Å². The molecular weight excluding hydrogens is 416 g/mol. The van der Waals surface area contributed by atoms with Crippen LogP contribution in [0, 0.1) is 0 Å². The highest BCUT2D eigenvalue weighted by Gasteiger charge is 2.33. The van der Waals surface area contributed by atoms with E-state index in [4.69, 9.17) is 9.47 Å². The molecule has 1 heterocycles. The van der Waals surface area contributed by atoms with Crippen molar-refractivity contribution in [1.82, 2.24) is 9.21 Å². The van der Waals surface area contributed by atoms with Crippen LogP contribution in [0.25, 0.3) is 0 Å². The zero-order valence-electron chi connectivity index (χ0n) is 18.5. The van der Waals surface area contributed by atoms with E-state index >= 15 is 0 Å². The fourth-order valence-electron chi connectivity index (χ4n) is 4.08. The fraction of sp³-hybridized carbons (Fsp3) is 0.435. The molecule has 1 fully saturated rings. The SMILES string of the molecule is CCN(CC)S(=O)(=O)c1ccc(C(=O)N2CCCC2c2cc(OC)ccc2OC)cc1. The molecule has 0 aliphatic carbocycles. The van der Waals surface area contributed by atoms with Crippen LogP contribution in [0.1, 0.15) is 48.7 Å². The van der Waals surface area contributed by atoms with Crippen LogP contribution in [0.2, 0.25) is 0 Å². The van der Waals surface area contributed by atoms with Gasteiger partial charge in [-0.2, -0.15) is 4.31 Å². The van der Waals surface area contributed by atoms with Crippen LogP contribution in [-0.4, -0.2) is 57.4 Å². The fourth-order valence-corrected chi connectivity index (χ4v) is 5.54. The van der Waals surface area contributed by atoms with Crippen LogP contribution in [0.3, 0.4) is 0 Å². The largest absolute Gasteiger partial charge is 0.497 e. The molecule has 1 amide bonds. The molecule has 0 radical (unpaired) electrons. The summed E-state index contributed by atoms with van der Waals surface area (Å²) in [5.74, 6) is 1.30. The number of sulfonamides is 1. The first kappa shape index (κ1) is 23.1. The second-order valence-electron chi connectivity index (χ2n) is 7.38. The molecule has 0 N–H and O–H groups in total. The summed E-state index contributed by atoms with van der Waals surface area (Å²) in [4.78, 5) is 15.3. The Morgan fingerprint density at radius 3 is 2.32 bits per heavy atom. The van der Waals surface area contributed by atoms with Crippen molar-refractivity contribution in [2.45, 2.75) is 37.6 Å². The second-order valence-corrected chi connectivity index (χ2v) is 9.32. The molecule has 0 aromatic heterocycles. The highest BCUT2D eigenvalue weighted by Crippen LogP contribution is 2.39. The second kappa shape index (κ2) is 9.70. The third-order valence-electron chi connectivity index (χ3n) is 5.75. The summed E-state index contributed by atoms with van der Waals surface area (Å²) in [6.07, 6.45) is 1.70. The zero-order chi connectivity index (χ0) is 22.6. The van der Waals surface area contributed by atoms with Crippen molar-refractivity contribution in [3.05, 3.63) is 53.6 Å². The van der Waals surface area contributed by atoms with Crippen LogP contribution >= 0.6 is 0 Å². The van der Waals surface area contributed by atoms with Gasteiger partial charge in [-0.05, 0) is 55.3 Å². The predicted octanol–water partition coefficient (Wildman–Crippen LogP) is 3.71. The van der Waals surface area contributed by atoms with E-state index in [-0.39, 0.29) is 16.8 Å². The topological polar surface area (TPSA) is 76.2 Å². The average molecular weight is 447 g/mol. The number of methoxy groups -OCH3 is 2. The van der Waals surface area contributed by atoms with Gasteiger partial charge in [-0.1, -0.05) is 13.8 Å². The normalized spacial score (nSPS) is 16.5. The van der Waals surface area contributed by atoms with Gasteiger partial charge in [-0.3, -0.25) is 4.79 Å². The average Bonchev–Trinajstić information content (AvgIpc) is 3.28. The summed E-state index contributed by atoms with van der Waals surface area (Å²) >= 11 is 0. The molecule has 31 heavy (non-hydrogen) atoms. The summed E-state index contributed by atoms with van der Waals surface area (Å²) < 4.78 is 37.7. The van der Waals surface area contributed by atoms with Gasteiger partial charge < -0.3 is 14.4 Å². The molecular formula is C23H30N2O5S. The quantitative estimate of drug-likeness (QED) is 0.618. The number of nitrogens with zero attached hydrogens (tertiary/aromatic N) is 2.